The van der Waals surface area contributed by atoms with Gasteiger partial charge in [-0.1, -0.05) is 11.6 Å². The van der Waals surface area contributed by atoms with Gasteiger partial charge in [-0.2, -0.15) is 5.10 Å². The van der Waals surface area contributed by atoms with E-state index in [0.717, 1.165) is 36.8 Å². The van der Waals surface area contributed by atoms with Crippen LogP contribution in [-0.4, -0.2) is 36.1 Å². The van der Waals surface area contributed by atoms with Crippen molar-refractivity contribution in [3.63, 3.8) is 0 Å². The molecule has 0 saturated carbocycles. The standard InChI is InChI=1S/C18H24ClN3O2S/c1-12-8-18(17-13(3-5-24-18)7-16(19)25-17)9-15(21-12)14-10-20-22(11-14)4-6-23-2/h7,10-12,15,21H,3-6,8-9H2,1-2H3. The van der Waals surface area contributed by atoms with Gasteiger partial charge in [0.1, 0.15) is 5.60 Å². The number of aromatic nitrogens is 2. The lowest BCUT2D eigenvalue weighted by Gasteiger charge is -2.46. The third-order valence-electron chi connectivity index (χ3n) is 5.18. The molecule has 2 aliphatic heterocycles. The Morgan fingerprint density at radius 1 is 1.52 bits per heavy atom. The number of nitrogens with one attached hydrogen (secondary N) is 1. The van der Waals surface area contributed by atoms with Gasteiger partial charge in [-0.25, -0.2) is 0 Å². The number of hydrogen-bond acceptors (Lipinski definition) is 5. The van der Waals surface area contributed by atoms with Crippen LogP contribution in [0.1, 0.15) is 41.8 Å². The second-order valence-corrected chi connectivity index (χ2v) is 8.74. The summed E-state index contributed by atoms with van der Waals surface area (Å²) in [6.07, 6.45) is 6.93. The molecule has 1 fully saturated rings. The molecule has 7 heteroatoms. The Labute approximate surface area is 157 Å². The fraction of sp³-hybridized carbons (Fsp3) is 0.611. The molecule has 2 aromatic rings. The highest BCUT2D eigenvalue weighted by Crippen LogP contribution is 2.49. The molecule has 4 rings (SSSR count). The largest absolute Gasteiger partial charge is 0.383 e. The average Bonchev–Trinajstić information content (AvgIpc) is 3.19. The molecule has 3 atom stereocenters. The number of hydrogen-bond donors (Lipinski definition) is 1. The highest BCUT2D eigenvalue weighted by atomic mass is 35.5. The first-order valence-electron chi connectivity index (χ1n) is 8.79. The number of piperidine rings is 1. The maximum absolute atomic E-state index is 6.40. The highest BCUT2D eigenvalue weighted by Gasteiger charge is 2.46. The lowest BCUT2D eigenvalue weighted by Crippen LogP contribution is -2.49. The zero-order valence-electron chi connectivity index (χ0n) is 14.6. The Hall–Kier alpha value is -0.920. The van der Waals surface area contributed by atoms with Crippen LogP contribution in [0.3, 0.4) is 0 Å². The van der Waals surface area contributed by atoms with Crippen molar-refractivity contribution in [1.29, 1.82) is 0 Å². The van der Waals surface area contributed by atoms with Gasteiger partial charge in [-0.3, -0.25) is 4.68 Å². The van der Waals surface area contributed by atoms with E-state index in [0.29, 0.717) is 12.6 Å². The van der Waals surface area contributed by atoms with Crippen LogP contribution in [0.4, 0.5) is 0 Å². The van der Waals surface area contributed by atoms with E-state index >= 15 is 0 Å². The Morgan fingerprint density at radius 2 is 2.40 bits per heavy atom. The monoisotopic (exact) mass is 381 g/mol. The van der Waals surface area contributed by atoms with Gasteiger partial charge in [-0.05, 0) is 31.4 Å². The molecule has 0 radical (unpaired) electrons. The van der Waals surface area contributed by atoms with Gasteiger partial charge >= 0.3 is 0 Å². The fourth-order valence-electron chi connectivity index (χ4n) is 4.14. The summed E-state index contributed by atoms with van der Waals surface area (Å²) >= 11 is 8.00. The van der Waals surface area contributed by atoms with Crippen molar-refractivity contribution < 1.29 is 9.47 Å². The van der Waals surface area contributed by atoms with E-state index in [1.807, 2.05) is 10.9 Å². The average molecular weight is 382 g/mol. The summed E-state index contributed by atoms with van der Waals surface area (Å²) in [6, 6.07) is 2.72. The van der Waals surface area contributed by atoms with E-state index in [2.05, 4.69) is 29.6 Å². The minimum absolute atomic E-state index is 0.227. The molecular formula is C18H24ClN3O2S. The van der Waals surface area contributed by atoms with Crippen molar-refractivity contribution in [3.8, 4) is 0 Å². The second kappa shape index (κ2) is 7.00. The maximum Gasteiger partial charge on any atom is 0.106 e. The maximum atomic E-state index is 6.40. The van der Waals surface area contributed by atoms with Gasteiger partial charge < -0.3 is 14.8 Å². The van der Waals surface area contributed by atoms with Crippen LogP contribution in [0.25, 0.3) is 0 Å². The summed E-state index contributed by atoms with van der Waals surface area (Å²) in [7, 11) is 1.71. The van der Waals surface area contributed by atoms with Gasteiger partial charge in [0, 0.05) is 42.3 Å². The number of fused-ring (bicyclic) bond motifs is 2. The van der Waals surface area contributed by atoms with Crippen molar-refractivity contribution in [2.24, 2.45) is 0 Å². The van der Waals surface area contributed by atoms with Gasteiger partial charge in [0.05, 0.1) is 30.3 Å². The zero-order chi connectivity index (χ0) is 17.4. The van der Waals surface area contributed by atoms with Crippen LogP contribution in [0.5, 0.6) is 0 Å². The molecule has 2 aromatic heterocycles. The van der Waals surface area contributed by atoms with Crippen LogP contribution in [0.15, 0.2) is 18.5 Å². The molecule has 1 spiro atoms. The zero-order valence-corrected chi connectivity index (χ0v) is 16.2. The van der Waals surface area contributed by atoms with Crippen LogP contribution in [0.2, 0.25) is 4.34 Å². The molecule has 1 N–H and O–H groups in total. The topological polar surface area (TPSA) is 48.3 Å². The smallest absolute Gasteiger partial charge is 0.106 e. The van der Waals surface area contributed by atoms with Gasteiger partial charge in [0.15, 0.2) is 0 Å². The Morgan fingerprint density at radius 3 is 3.24 bits per heavy atom. The molecule has 0 amide bonds. The predicted molar refractivity (Wildman–Crippen MR) is 99.3 cm³/mol. The predicted octanol–water partition coefficient (Wildman–Crippen LogP) is 3.53. The summed E-state index contributed by atoms with van der Waals surface area (Å²) in [5, 5.41) is 8.19. The van der Waals surface area contributed by atoms with Crippen LogP contribution in [0, 0.1) is 0 Å². The molecule has 0 aromatic carbocycles. The van der Waals surface area contributed by atoms with Crippen molar-refractivity contribution in [1.82, 2.24) is 15.1 Å². The first-order valence-corrected chi connectivity index (χ1v) is 9.99. The highest BCUT2D eigenvalue weighted by molar-refractivity contribution is 7.16. The molecule has 25 heavy (non-hydrogen) atoms. The molecule has 5 nitrogen and oxygen atoms in total. The van der Waals surface area contributed by atoms with Crippen molar-refractivity contribution in [2.75, 3.05) is 20.3 Å². The molecular weight excluding hydrogens is 358 g/mol. The third kappa shape index (κ3) is 3.38. The number of ether oxygens (including phenoxy) is 2. The Balaban J connectivity index is 1.61. The quantitative estimate of drug-likeness (QED) is 0.880. The van der Waals surface area contributed by atoms with E-state index in [4.69, 9.17) is 21.1 Å². The second-order valence-electron chi connectivity index (χ2n) is 7.06. The van der Waals surface area contributed by atoms with E-state index in [1.54, 1.807) is 18.4 Å². The Kier molecular flexibility index (Phi) is 4.90. The summed E-state index contributed by atoms with van der Waals surface area (Å²) in [4.78, 5) is 1.33. The fourth-order valence-corrected chi connectivity index (χ4v) is 5.60. The molecule has 2 aliphatic rings. The van der Waals surface area contributed by atoms with Crippen LogP contribution in [-0.2, 0) is 28.0 Å². The first kappa shape index (κ1) is 17.5. The number of thiophene rings is 1. The van der Waals surface area contributed by atoms with Crippen molar-refractivity contribution >= 4 is 22.9 Å². The number of methoxy groups -OCH3 is 1. The summed E-state index contributed by atoms with van der Waals surface area (Å²) in [5.74, 6) is 0. The van der Waals surface area contributed by atoms with Gasteiger partial charge in [-0.15, -0.1) is 11.3 Å². The lowest BCUT2D eigenvalue weighted by atomic mass is 9.78. The summed E-state index contributed by atoms with van der Waals surface area (Å²) in [6.45, 7) is 4.44. The number of nitrogens with zero attached hydrogens (tertiary/aromatic N) is 2. The SMILES string of the molecule is COCCn1cc(C2CC3(CC(C)N2)OCCc2cc(Cl)sc23)cn1. The molecule has 136 valence electrons. The van der Waals surface area contributed by atoms with E-state index < -0.39 is 0 Å². The number of rotatable bonds is 4. The van der Waals surface area contributed by atoms with Gasteiger partial charge in [0.2, 0.25) is 0 Å². The van der Waals surface area contributed by atoms with Crippen molar-refractivity contribution in [3.05, 3.63) is 38.8 Å². The Bertz CT molecular complexity index is 747. The minimum atomic E-state index is -0.227. The normalized spacial score (nSPS) is 29.1. The number of halogens is 1. The minimum Gasteiger partial charge on any atom is -0.383 e. The van der Waals surface area contributed by atoms with Crippen LogP contribution >= 0.6 is 22.9 Å². The lowest BCUT2D eigenvalue weighted by molar-refractivity contribution is -0.0954. The molecule has 1 saturated heterocycles. The first-order chi connectivity index (χ1) is 12.1. The summed E-state index contributed by atoms with van der Waals surface area (Å²) < 4.78 is 14.4. The van der Waals surface area contributed by atoms with E-state index in [9.17, 15) is 0 Å². The molecule has 4 heterocycles. The van der Waals surface area contributed by atoms with Gasteiger partial charge in [0.25, 0.3) is 0 Å². The molecule has 0 bridgehead atoms. The van der Waals surface area contributed by atoms with Crippen molar-refractivity contribution in [2.45, 2.75) is 50.4 Å². The van der Waals surface area contributed by atoms with E-state index in [1.165, 1.54) is 16.0 Å². The summed E-state index contributed by atoms with van der Waals surface area (Å²) in [5.41, 5.74) is 2.35. The van der Waals surface area contributed by atoms with E-state index in [-0.39, 0.29) is 11.6 Å². The third-order valence-corrected chi connectivity index (χ3v) is 6.67. The van der Waals surface area contributed by atoms with Crippen LogP contribution < -0.4 is 5.32 Å². The molecule has 0 aliphatic carbocycles. The molecule has 3 unspecified atom stereocenters.